The van der Waals surface area contributed by atoms with E-state index in [0.29, 0.717) is 43.7 Å². The molecular formula is C30H37ClN2O4. The van der Waals surface area contributed by atoms with Crippen molar-refractivity contribution in [1.82, 2.24) is 5.32 Å². The number of β-amino-alcohol motifs (C(OH)–C–C–N with tert-alkyl or cyclic N) is 1. The number of nitrogens with zero attached hydrogens (tertiary/aromatic N) is 1. The van der Waals surface area contributed by atoms with Gasteiger partial charge in [0.05, 0.1) is 12.2 Å². The van der Waals surface area contributed by atoms with Gasteiger partial charge < -0.3 is 19.9 Å². The third-order valence-electron chi connectivity index (χ3n) is 6.06. The van der Waals surface area contributed by atoms with Gasteiger partial charge in [-0.3, -0.25) is 4.79 Å². The smallest absolute Gasteiger partial charge is 0.305 e. The molecule has 0 bridgehead atoms. The topological polar surface area (TPSA) is 91.6 Å². The Morgan fingerprint density at radius 1 is 1.11 bits per heavy atom. The first-order chi connectivity index (χ1) is 17.3. The number of fused-ring (bicyclic) bond motifs is 1. The predicted octanol–water partition coefficient (Wildman–Crippen LogP) is 5.37. The van der Waals surface area contributed by atoms with E-state index in [1.807, 2.05) is 24.3 Å². The molecule has 3 rings (SSSR count). The number of esters is 1. The van der Waals surface area contributed by atoms with Crippen LogP contribution in [0.3, 0.4) is 0 Å². The molecule has 37 heavy (non-hydrogen) atoms. The fourth-order valence-corrected chi connectivity index (χ4v) is 4.25. The van der Waals surface area contributed by atoms with Crippen molar-refractivity contribution in [2.75, 3.05) is 19.8 Å². The summed E-state index contributed by atoms with van der Waals surface area (Å²) in [5.74, 6) is 0.211. The van der Waals surface area contributed by atoms with Crippen molar-refractivity contribution in [3.8, 4) is 11.8 Å². The minimum absolute atomic E-state index is 0. The van der Waals surface area contributed by atoms with E-state index in [2.05, 4.69) is 55.6 Å². The second-order valence-corrected chi connectivity index (χ2v) is 9.65. The van der Waals surface area contributed by atoms with E-state index in [9.17, 15) is 15.2 Å². The lowest BCUT2D eigenvalue weighted by atomic mass is 9.93. The molecular weight excluding hydrogens is 488 g/mol. The summed E-state index contributed by atoms with van der Waals surface area (Å²) in [4.78, 5) is 11.6. The lowest BCUT2D eigenvalue weighted by molar-refractivity contribution is -0.143. The molecule has 0 fully saturated rings. The minimum atomic E-state index is -0.736. The molecule has 0 saturated carbocycles. The van der Waals surface area contributed by atoms with Crippen LogP contribution >= 0.6 is 12.4 Å². The number of aliphatic hydroxyl groups is 1. The number of rotatable bonds is 13. The Morgan fingerprint density at radius 3 is 2.59 bits per heavy atom. The van der Waals surface area contributed by atoms with Crippen LogP contribution in [0.25, 0.3) is 10.8 Å². The van der Waals surface area contributed by atoms with Crippen LogP contribution < -0.4 is 10.1 Å². The lowest BCUT2D eigenvalue weighted by Crippen LogP contribution is -2.46. The molecule has 3 aromatic rings. The second kappa shape index (κ2) is 14.6. The summed E-state index contributed by atoms with van der Waals surface area (Å²) >= 11 is 0. The van der Waals surface area contributed by atoms with Crippen molar-refractivity contribution >= 4 is 29.1 Å². The maximum absolute atomic E-state index is 11.6. The first-order valence-corrected chi connectivity index (χ1v) is 12.5. The molecule has 0 heterocycles. The van der Waals surface area contributed by atoms with Gasteiger partial charge in [0.2, 0.25) is 0 Å². The fraction of sp³-hybridized carbons (Fsp3) is 0.400. The molecule has 0 aliphatic rings. The van der Waals surface area contributed by atoms with Crippen LogP contribution in [0, 0.1) is 11.3 Å². The molecule has 1 atom stereocenters. The van der Waals surface area contributed by atoms with Crippen molar-refractivity contribution in [3.05, 3.63) is 77.4 Å². The molecule has 3 aromatic carbocycles. The number of halogens is 1. The molecule has 2 N–H and O–H groups in total. The highest BCUT2D eigenvalue weighted by atomic mass is 35.5. The highest BCUT2D eigenvalue weighted by Gasteiger charge is 2.20. The highest BCUT2D eigenvalue weighted by Crippen LogP contribution is 2.24. The maximum Gasteiger partial charge on any atom is 0.305 e. The SMILES string of the molecule is CCOC(=O)CCCc1cccc(OCC(O)CNC(C)(C)Cc2ccc3ccccc3c2)c1C#N.Cl. The van der Waals surface area contributed by atoms with Crippen molar-refractivity contribution in [2.24, 2.45) is 0 Å². The van der Waals surface area contributed by atoms with Gasteiger partial charge >= 0.3 is 5.97 Å². The Bertz CT molecular complexity index is 1210. The van der Waals surface area contributed by atoms with Gasteiger partial charge in [0, 0.05) is 18.5 Å². The van der Waals surface area contributed by atoms with E-state index in [0.717, 1.165) is 12.0 Å². The minimum Gasteiger partial charge on any atom is -0.489 e. The summed E-state index contributed by atoms with van der Waals surface area (Å²) in [6.45, 7) is 6.81. The molecule has 6 nitrogen and oxygen atoms in total. The lowest BCUT2D eigenvalue weighted by Gasteiger charge is -2.28. The summed E-state index contributed by atoms with van der Waals surface area (Å²) < 4.78 is 10.8. The van der Waals surface area contributed by atoms with Gasteiger partial charge in [-0.25, -0.2) is 0 Å². The molecule has 0 aliphatic carbocycles. The Kier molecular flexibility index (Phi) is 11.9. The zero-order valence-electron chi connectivity index (χ0n) is 21.8. The van der Waals surface area contributed by atoms with Gasteiger partial charge in [0.25, 0.3) is 0 Å². The number of carbonyl (C=O) groups is 1. The molecule has 0 aliphatic heterocycles. The van der Waals surface area contributed by atoms with E-state index in [1.54, 1.807) is 13.0 Å². The van der Waals surface area contributed by atoms with Gasteiger partial charge in [0.1, 0.15) is 24.5 Å². The van der Waals surface area contributed by atoms with E-state index in [4.69, 9.17) is 9.47 Å². The third kappa shape index (κ3) is 9.36. The Morgan fingerprint density at radius 2 is 1.86 bits per heavy atom. The van der Waals surface area contributed by atoms with Gasteiger partial charge in [-0.2, -0.15) is 5.26 Å². The predicted molar refractivity (Wildman–Crippen MR) is 149 cm³/mol. The third-order valence-corrected chi connectivity index (χ3v) is 6.06. The number of aliphatic hydroxyl groups excluding tert-OH is 1. The van der Waals surface area contributed by atoms with E-state index >= 15 is 0 Å². The van der Waals surface area contributed by atoms with Crippen LogP contribution in [-0.4, -0.2) is 42.5 Å². The van der Waals surface area contributed by atoms with E-state index in [-0.39, 0.29) is 30.5 Å². The average molecular weight is 525 g/mol. The number of nitrogens with one attached hydrogen (secondary N) is 1. The zero-order chi connectivity index (χ0) is 26.0. The first kappa shape index (κ1) is 30.1. The van der Waals surface area contributed by atoms with Gasteiger partial charge in [-0.15, -0.1) is 12.4 Å². The van der Waals surface area contributed by atoms with Crippen LogP contribution in [0.15, 0.2) is 60.7 Å². The van der Waals surface area contributed by atoms with Crippen LogP contribution in [0.2, 0.25) is 0 Å². The molecule has 0 amide bonds. The Labute approximate surface area is 226 Å². The van der Waals surface area contributed by atoms with Crippen LogP contribution in [0.1, 0.15) is 50.3 Å². The standard InChI is InChI=1S/C30H36N2O4.ClH/c1-4-35-29(34)14-8-12-24-11-7-13-28(27(24)19-31)36-21-26(33)20-32-30(2,3)18-22-15-16-23-9-5-6-10-25(23)17-22;/h5-7,9-11,13,15-17,26,32-33H,4,8,12,14,18,20-21H2,1-3H3;1H. The summed E-state index contributed by atoms with van der Waals surface area (Å²) in [5, 5.41) is 26.1. The molecule has 0 radical (unpaired) electrons. The molecule has 0 saturated heterocycles. The molecule has 1 unspecified atom stereocenters. The average Bonchev–Trinajstić information content (AvgIpc) is 2.86. The summed E-state index contributed by atoms with van der Waals surface area (Å²) in [6.07, 6.45) is 1.56. The monoisotopic (exact) mass is 524 g/mol. The number of ether oxygens (including phenoxy) is 2. The van der Waals surface area contributed by atoms with E-state index < -0.39 is 6.10 Å². The number of benzene rings is 3. The fourth-order valence-electron chi connectivity index (χ4n) is 4.25. The quantitative estimate of drug-likeness (QED) is 0.292. The molecule has 198 valence electrons. The highest BCUT2D eigenvalue weighted by molar-refractivity contribution is 5.85. The number of nitriles is 1. The van der Waals surface area contributed by atoms with Crippen molar-refractivity contribution in [1.29, 1.82) is 5.26 Å². The summed E-state index contributed by atoms with van der Waals surface area (Å²) in [7, 11) is 0. The van der Waals surface area contributed by atoms with Crippen LogP contribution in [0.5, 0.6) is 5.75 Å². The Balaban J connectivity index is 0.00000481. The summed E-state index contributed by atoms with van der Waals surface area (Å²) in [6, 6.07) is 22.4. The molecule has 7 heteroatoms. The summed E-state index contributed by atoms with van der Waals surface area (Å²) in [5.41, 5.74) is 2.28. The largest absolute Gasteiger partial charge is 0.489 e. The molecule has 0 aromatic heterocycles. The number of carbonyl (C=O) groups excluding carboxylic acids is 1. The Hall–Kier alpha value is -3.11. The normalized spacial score (nSPS) is 11.9. The van der Waals surface area contributed by atoms with Crippen molar-refractivity contribution in [2.45, 2.75) is 58.1 Å². The zero-order valence-corrected chi connectivity index (χ0v) is 22.6. The van der Waals surface area contributed by atoms with E-state index in [1.165, 1.54) is 16.3 Å². The number of aryl methyl sites for hydroxylation is 1. The maximum atomic E-state index is 11.6. The van der Waals surface area contributed by atoms with Gasteiger partial charge in [-0.1, -0.05) is 54.6 Å². The molecule has 0 spiro atoms. The second-order valence-electron chi connectivity index (χ2n) is 9.65. The van der Waals surface area contributed by atoms with Gasteiger partial charge in [0.15, 0.2) is 0 Å². The first-order valence-electron chi connectivity index (χ1n) is 12.5. The number of hydrogen-bond acceptors (Lipinski definition) is 6. The number of hydrogen-bond donors (Lipinski definition) is 2. The van der Waals surface area contributed by atoms with Crippen LogP contribution in [0.4, 0.5) is 0 Å². The van der Waals surface area contributed by atoms with Gasteiger partial charge in [-0.05, 0) is 68.0 Å². The van der Waals surface area contributed by atoms with Crippen molar-refractivity contribution < 1.29 is 19.4 Å². The van der Waals surface area contributed by atoms with Crippen LogP contribution in [-0.2, 0) is 22.4 Å². The van der Waals surface area contributed by atoms with Crippen molar-refractivity contribution in [3.63, 3.8) is 0 Å².